The lowest BCUT2D eigenvalue weighted by Crippen LogP contribution is -2.17. The summed E-state index contributed by atoms with van der Waals surface area (Å²) in [6.45, 7) is 2.32. The van der Waals surface area contributed by atoms with Gasteiger partial charge in [0, 0.05) is 39.9 Å². The smallest absolute Gasteiger partial charge is 0.143 e. The van der Waals surface area contributed by atoms with Crippen molar-refractivity contribution in [3.63, 3.8) is 0 Å². The predicted molar refractivity (Wildman–Crippen MR) is 122 cm³/mol. The van der Waals surface area contributed by atoms with Crippen LogP contribution in [0.4, 0.5) is 17.2 Å². The van der Waals surface area contributed by atoms with Gasteiger partial charge in [-0.15, -0.1) is 11.3 Å². The van der Waals surface area contributed by atoms with Gasteiger partial charge in [-0.2, -0.15) is 0 Å². The Morgan fingerprint density at radius 3 is 2.43 bits per heavy atom. The number of benzene rings is 2. The molecule has 1 N–H and O–H groups in total. The van der Waals surface area contributed by atoms with Gasteiger partial charge in [-0.25, -0.2) is 9.97 Å². The van der Waals surface area contributed by atoms with Crippen molar-refractivity contribution in [2.24, 2.45) is 0 Å². The summed E-state index contributed by atoms with van der Waals surface area (Å²) in [5.74, 6) is 0.845. The molecule has 0 spiro atoms. The van der Waals surface area contributed by atoms with Crippen LogP contribution in [0.2, 0.25) is 0 Å². The van der Waals surface area contributed by atoms with E-state index in [1.54, 1.807) is 17.7 Å². The van der Waals surface area contributed by atoms with Gasteiger partial charge in [0.1, 0.15) is 17.0 Å². The van der Waals surface area contributed by atoms with Crippen molar-refractivity contribution in [3.05, 3.63) is 64.7 Å². The first-order valence-corrected chi connectivity index (χ1v) is 11.1. The second-order valence-corrected chi connectivity index (χ2v) is 8.70. The highest BCUT2D eigenvalue weighted by atomic mass is 79.9. The highest BCUT2D eigenvalue weighted by Crippen LogP contribution is 2.38. The van der Waals surface area contributed by atoms with Gasteiger partial charge in [-0.3, -0.25) is 0 Å². The number of nitrogens with one attached hydrogen (secondary N) is 1. The van der Waals surface area contributed by atoms with E-state index in [1.807, 2.05) is 0 Å². The molecule has 2 aromatic carbocycles. The summed E-state index contributed by atoms with van der Waals surface area (Å²) in [6.07, 6.45) is 4.21. The average molecular weight is 451 g/mol. The number of hydrogen-bond acceptors (Lipinski definition) is 5. The van der Waals surface area contributed by atoms with E-state index in [4.69, 9.17) is 0 Å². The number of thiophene rings is 1. The minimum atomic E-state index is 0.845. The molecular weight excluding hydrogens is 432 g/mol. The molecule has 0 saturated carbocycles. The Bertz CT molecular complexity index is 1100. The molecule has 6 heteroatoms. The van der Waals surface area contributed by atoms with Crippen LogP contribution in [0.25, 0.3) is 21.3 Å². The fraction of sp³-hybridized carbons (Fsp3) is 0.182. The molecule has 0 amide bonds. The maximum absolute atomic E-state index is 4.54. The summed E-state index contributed by atoms with van der Waals surface area (Å²) in [5, 5.41) is 6.73. The van der Waals surface area contributed by atoms with Crippen LogP contribution in [0.5, 0.6) is 0 Å². The summed E-state index contributed by atoms with van der Waals surface area (Å²) in [4.78, 5) is 12.4. The van der Waals surface area contributed by atoms with Gasteiger partial charge in [0.05, 0.1) is 5.39 Å². The summed E-state index contributed by atoms with van der Waals surface area (Å²) in [5.41, 5.74) is 4.65. The van der Waals surface area contributed by atoms with E-state index in [0.29, 0.717) is 0 Å². The van der Waals surface area contributed by atoms with Crippen LogP contribution in [0.3, 0.4) is 0 Å². The number of aromatic nitrogens is 2. The van der Waals surface area contributed by atoms with Crippen LogP contribution in [-0.4, -0.2) is 23.1 Å². The summed E-state index contributed by atoms with van der Waals surface area (Å²) < 4.78 is 1.07. The lowest BCUT2D eigenvalue weighted by atomic mass is 10.1. The van der Waals surface area contributed by atoms with Crippen molar-refractivity contribution in [1.29, 1.82) is 0 Å². The molecule has 0 radical (unpaired) electrons. The molecule has 5 rings (SSSR count). The molecule has 1 fully saturated rings. The number of rotatable bonds is 4. The zero-order valence-corrected chi connectivity index (χ0v) is 17.6. The number of anilines is 3. The van der Waals surface area contributed by atoms with E-state index in [1.165, 1.54) is 18.5 Å². The molecule has 0 aliphatic carbocycles. The Labute approximate surface area is 176 Å². The Balaban J connectivity index is 1.49. The van der Waals surface area contributed by atoms with Crippen LogP contribution >= 0.6 is 27.3 Å². The summed E-state index contributed by atoms with van der Waals surface area (Å²) >= 11 is 5.16. The Kier molecular flexibility index (Phi) is 4.74. The Hall–Kier alpha value is -2.44. The molecule has 0 bridgehead atoms. The molecule has 28 heavy (non-hydrogen) atoms. The van der Waals surface area contributed by atoms with Crippen LogP contribution in [-0.2, 0) is 0 Å². The largest absolute Gasteiger partial charge is 0.372 e. The number of hydrogen-bond donors (Lipinski definition) is 1. The van der Waals surface area contributed by atoms with E-state index >= 15 is 0 Å². The maximum Gasteiger partial charge on any atom is 0.143 e. The molecule has 4 nitrogen and oxygen atoms in total. The Morgan fingerprint density at radius 2 is 1.68 bits per heavy atom. The fourth-order valence-electron chi connectivity index (χ4n) is 3.68. The molecule has 1 aliphatic rings. The zero-order chi connectivity index (χ0) is 18.9. The highest BCUT2D eigenvalue weighted by Gasteiger charge is 2.14. The second-order valence-electron chi connectivity index (χ2n) is 6.92. The molecule has 0 atom stereocenters. The Morgan fingerprint density at radius 1 is 0.929 bits per heavy atom. The lowest BCUT2D eigenvalue weighted by Gasteiger charge is -2.18. The van der Waals surface area contributed by atoms with Crippen molar-refractivity contribution >= 4 is 54.7 Å². The first-order chi connectivity index (χ1) is 13.8. The van der Waals surface area contributed by atoms with E-state index < -0.39 is 0 Å². The van der Waals surface area contributed by atoms with Gasteiger partial charge in [0.15, 0.2) is 0 Å². The third kappa shape index (κ3) is 3.38. The van der Waals surface area contributed by atoms with Gasteiger partial charge in [-0.1, -0.05) is 28.1 Å². The zero-order valence-electron chi connectivity index (χ0n) is 15.2. The molecule has 3 heterocycles. The van der Waals surface area contributed by atoms with Crippen LogP contribution in [0.15, 0.2) is 64.7 Å². The van der Waals surface area contributed by atoms with Gasteiger partial charge in [-0.05, 0) is 54.8 Å². The van der Waals surface area contributed by atoms with Crippen molar-refractivity contribution < 1.29 is 0 Å². The minimum absolute atomic E-state index is 0.845. The van der Waals surface area contributed by atoms with E-state index in [-0.39, 0.29) is 0 Å². The van der Waals surface area contributed by atoms with Crippen LogP contribution < -0.4 is 10.2 Å². The fourth-order valence-corrected chi connectivity index (χ4v) is 4.86. The number of halogens is 1. The first kappa shape index (κ1) is 17.6. The molecule has 1 aliphatic heterocycles. The van der Waals surface area contributed by atoms with Gasteiger partial charge in [0.2, 0.25) is 0 Å². The molecular formula is C22H19BrN4S. The van der Waals surface area contributed by atoms with Crippen molar-refractivity contribution in [2.75, 3.05) is 23.3 Å². The molecule has 2 aromatic heterocycles. The van der Waals surface area contributed by atoms with E-state index in [9.17, 15) is 0 Å². The third-order valence-electron chi connectivity index (χ3n) is 5.13. The summed E-state index contributed by atoms with van der Waals surface area (Å²) in [7, 11) is 0. The van der Waals surface area contributed by atoms with Crippen molar-refractivity contribution in [3.8, 4) is 11.1 Å². The topological polar surface area (TPSA) is 41.1 Å². The molecule has 1 saturated heterocycles. The number of fused-ring (bicyclic) bond motifs is 1. The normalized spacial score (nSPS) is 14.0. The van der Waals surface area contributed by atoms with Gasteiger partial charge >= 0.3 is 0 Å². The van der Waals surface area contributed by atoms with Gasteiger partial charge < -0.3 is 10.2 Å². The van der Waals surface area contributed by atoms with E-state index in [0.717, 1.165) is 50.4 Å². The number of nitrogens with zero attached hydrogens (tertiary/aromatic N) is 3. The summed E-state index contributed by atoms with van der Waals surface area (Å²) in [6, 6.07) is 17.0. The standard InChI is InChI=1S/C22H19BrN4S/c23-16-5-3-15(4-6-16)19-13-28-22-20(19)21(24-14-25-22)26-17-7-9-18(10-8-17)27-11-1-2-12-27/h3-10,13-14H,1-2,11-12H2,(H,24,25,26). The third-order valence-corrected chi connectivity index (χ3v) is 6.54. The van der Waals surface area contributed by atoms with Crippen molar-refractivity contribution in [1.82, 2.24) is 9.97 Å². The highest BCUT2D eigenvalue weighted by molar-refractivity contribution is 9.10. The lowest BCUT2D eigenvalue weighted by molar-refractivity contribution is 0.949. The predicted octanol–water partition coefficient (Wildman–Crippen LogP) is 6.46. The van der Waals surface area contributed by atoms with Gasteiger partial charge in [0.25, 0.3) is 0 Å². The molecule has 140 valence electrons. The quantitative estimate of drug-likeness (QED) is 0.386. The van der Waals surface area contributed by atoms with E-state index in [2.05, 4.69) is 90.0 Å². The molecule has 4 aromatic rings. The maximum atomic E-state index is 4.54. The SMILES string of the molecule is Brc1ccc(-c2csc3ncnc(Nc4ccc(N5CCCC5)cc4)c23)cc1. The second kappa shape index (κ2) is 7.53. The first-order valence-electron chi connectivity index (χ1n) is 9.38. The monoisotopic (exact) mass is 450 g/mol. The minimum Gasteiger partial charge on any atom is -0.372 e. The average Bonchev–Trinajstić information content (AvgIpc) is 3.40. The van der Waals surface area contributed by atoms with Crippen LogP contribution in [0, 0.1) is 0 Å². The van der Waals surface area contributed by atoms with Crippen molar-refractivity contribution in [2.45, 2.75) is 12.8 Å². The molecule has 0 unspecified atom stereocenters. The van der Waals surface area contributed by atoms with Crippen LogP contribution in [0.1, 0.15) is 12.8 Å².